The Kier molecular flexibility index (Phi) is 6.42. The molecule has 5 rings (SSSR count). The number of hydrogen-bond acceptors (Lipinski definition) is 7. The quantitative estimate of drug-likeness (QED) is 0.529. The van der Waals surface area contributed by atoms with Crippen molar-refractivity contribution >= 4 is 27.6 Å². The number of ketones is 1. The minimum Gasteiger partial charge on any atom is -0.299 e. The van der Waals surface area contributed by atoms with E-state index in [0.29, 0.717) is 50.9 Å². The molecule has 0 aromatic heterocycles. The van der Waals surface area contributed by atoms with Crippen molar-refractivity contribution in [1.82, 2.24) is 20.5 Å². The maximum atomic E-state index is 13.6. The van der Waals surface area contributed by atoms with E-state index in [0.717, 1.165) is 19.3 Å². The molecule has 5 aliphatic rings. The van der Waals surface area contributed by atoms with Gasteiger partial charge in [-0.1, -0.05) is 0 Å². The molecule has 6 unspecified atom stereocenters. The van der Waals surface area contributed by atoms with Crippen LogP contribution in [-0.2, 0) is 14.8 Å². The first-order valence-corrected chi connectivity index (χ1v) is 14.8. The molecule has 0 amide bonds. The lowest BCUT2D eigenvalue weighted by atomic mass is 9.73. The fraction of sp³-hybridized carbons (Fsp3) is 0.955. The highest BCUT2D eigenvalue weighted by molar-refractivity contribution is 8.00. The van der Waals surface area contributed by atoms with E-state index in [9.17, 15) is 17.6 Å². The predicted octanol–water partition coefficient (Wildman–Crippen LogP) is 2.50. The molecule has 10 heteroatoms. The Morgan fingerprint density at radius 3 is 2.47 bits per heavy atom. The van der Waals surface area contributed by atoms with Crippen LogP contribution in [0.4, 0.5) is 4.39 Å². The number of fused-ring (bicyclic) bond motifs is 1. The molecular formula is C22H37FN4O3S2. The van der Waals surface area contributed by atoms with E-state index >= 15 is 0 Å². The highest BCUT2D eigenvalue weighted by Gasteiger charge is 2.54. The normalized spacial score (nSPS) is 44.3. The number of carbonyl (C=O) groups is 1. The largest absolute Gasteiger partial charge is 0.299 e. The second kappa shape index (κ2) is 8.75. The van der Waals surface area contributed by atoms with E-state index in [1.165, 1.54) is 0 Å². The molecule has 0 radical (unpaired) electrons. The molecule has 5 fully saturated rings. The van der Waals surface area contributed by atoms with Gasteiger partial charge in [0.1, 0.15) is 17.5 Å². The molecular weight excluding hydrogens is 451 g/mol. The molecule has 2 heterocycles. The van der Waals surface area contributed by atoms with Crippen LogP contribution in [0.15, 0.2) is 0 Å². The number of alkyl halides is 1. The van der Waals surface area contributed by atoms with Crippen LogP contribution in [0.2, 0.25) is 0 Å². The number of likely N-dealkylation sites (tertiary alicyclic amines) is 1. The minimum absolute atomic E-state index is 0.0345. The van der Waals surface area contributed by atoms with Gasteiger partial charge in [0.15, 0.2) is 0 Å². The summed E-state index contributed by atoms with van der Waals surface area (Å²) < 4.78 is 42.9. The van der Waals surface area contributed by atoms with E-state index in [1.807, 2.05) is 6.92 Å². The number of thioether (sulfide) groups is 1. The van der Waals surface area contributed by atoms with E-state index in [1.54, 1.807) is 11.8 Å². The fourth-order valence-corrected chi connectivity index (χ4v) is 9.31. The maximum Gasteiger partial charge on any atom is 0.215 e. The van der Waals surface area contributed by atoms with Gasteiger partial charge in [-0.15, -0.1) is 11.8 Å². The van der Waals surface area contributed by atoms with Crippen LogP contribution < -0.4 is 15.6 Å². The summed E-state index contributed by atoms with van der Waals surface area (Å²) in [6.45, 7) is 4.74. The molecule has 0 aromatic rings. The van der Waals surface area contributed by atoms with Crippen molar-refractivity contribution in [3.05, 3.63) is 0 Å². The Morgan fingerprint density at radius 1 is 1.12 bits per heavy atom. The van der Waals surface area contributed by atoms with Gasteiger partial charge in [-0.3, -0.25) is 9.69 Å². The van der Waals surface area contributed by atoms with Crippen LogP contribution in [-0.4, -0.2) is 59.5 Å². The van der Waals surface area contributed by atoms with Crippen molar-refractivity contribution in [1.29, 1.82) is 0 Å². The number of hydrogen-bond donors (Lipinski definition) is 3. The number of hydrazine groups is 1. The van der Waals surface area contributed by atoms with E-state index < -0.39 is 21.4 Å². The monoisotopic (exact) mass is 488 g/mol. The Morgan fingerprint density at radius 2 is 1.84 bits per heavy atom. The highest BCUT2D eigenvalue weighted by Crippen LogP contribution is 2.47. The van der Waals surface area contributed by atoms with Gasteiger partial charge in [-0.2, -0.15) is 0 Å². The molecule has 6 atom stereocenters. The van der Waals surface area contributed by atoms with Gasteiger partial charge < -0.3 is 0 Å². The molecule has 0 spiro atoms. The van der Waals surface area contributed by atoms with E-state index in [2.05, 4.69) is 27.4 Å². The second-order valence-electron chi connectivity index (χ2n) is 10.9. The van der Waals surface area contributed by atoms with Crippen LogP contribution in [0.1, 0.15) is 71.6 Å². The Balaban J connectivity index is 1.34. The van der Waals surface area contributed by atoms with Crippen LogP contribution in [0.25, 0.3) is 0 Å². The van der Waals surface area contributed by atoms with Gasteiger partial charge in [-0.25, -0.2) is 28.4 Å². The van der Waals surface area contributed by atoms with Gasteiger partial charge in [0.05, 0.1) is 10.6 Å². The molecule has 3 aliphatic carbocycles. The Labute approximate surface area is 195 Å². The molecule has 7 nitrogen and oxygen atoms in total. The Bertz CT molecular complexity index is 831. The molecule has 2 aliphatic heterocycles. The summed E-state index contributed by atoms with van der Waals surface area (Å²) >= 11 is 1.77. The first-order valence-electron chi connectivity index (χ1n) is 12.3. The molecule has 0 aromatic carbocycles. The van der Waals surface area contributed by atoms with Crippen molar-refractivity contribution < 1.29 is 17.6 Å². The van der Waals surface area contributed by atoms with Gasteiger partial charge in [0, 0.05) is 30.0 Å². The number of nitrogens with one attached hydrogen (secondary N) is 3. The summed E-state index contributed by atoms with van der Waals surface area (Å²) in [4.78, 5) is 15.9. The fourth-order valence-electron chi connectivity index (χ4n) is 6.30. The summed E-state index contributed by atoms with van der Waals surface area (Å²) in [6.07, 6.45) is 5.29. The number of nitrogens with zero attached hydrogens (tertiary/aromatic N) is 1. The standard InChI is InChI=1S/C22H37FN4O3S2/c1-13-24-25-21(31-13)27-12-18(20(28)14-3-5-15(23)6-4-14)17-8-7-16(11-19(17)27)32(29,30)26-22(2)9-10-22/h13-19,21,24-26H,3-12H2,1-2H3. The van der Waals surface area contributed by atoms with Crippen LogP contribution in [0.3, 0.4) is 0 Å². The smallest absolute Gasteiger partial charge is 0.215 e. The number of Topliss-reactive ketones (excluding diaryl/α,β-unsaturated/α-hetero) is 1. The molecule has 0 bridgehead atoms. The highest BCUT2D eigenvalue weighted by atomic mass is 32.2. The van der Waals surface area contributed by atoms with Crippen molar-refractivity contribution in [2.24, 2.45) is 17.8 Å². The molecule has 2 saturated heterocycles. The topological polar surface area (TPSA) is 90.5 Å². The van der Waals surface area contributed by atoms with Gasteiger partial charge in [0.2, 0.25) is 10.0 Å². The van der Waals surface area contributed by atoms with Crippen LogP contribution in [0, 0.1) is 17.8 Å². The third-order valence-electron chi connectivity index (χ3n) is 8.47. The summed E-state index contributed by atoms with van der Waals surface area (Å²) in [5.74, 6) is 0.374. The van der Waals surface area contributed by atoms with E-state index in [4.69, 9.17) is 0 Å². The van der Waals surface area contributed by atoms with Crippen molar-refractivity contribution in [3.8, 4) is 0 Å². The van der Waals surface area contributed by atoms with Gasteiger partial charge in [0.25, 0.3) is 0 Å². The predicted molar refractivity (Wildman–Crippen MR) is 124 cm³/mol. The molecule has 3 saturated carbocycles. The first kappa shape index (κ1) is 23.5. The van der Waals surface area contributed by atoms with Gasteiger partial charge >= 0.3 is 0 Å². The number of sulfonamides is 1. The average molecular weight is 489 g/mol. The number of carbonyl (C=O) groups excluding carboxylic acids is 1. The van der Waals surface area contributed by atoms with E-state index in [-0.39, 0.29) is 40.2 Å². The lowest BCUT2D eigenvalue weighted by Gasteiger charge is -2.38. The molecule has 182 valence electrons. The van der Waals surface area contributed by atoms with Crippen molar-refractivity contribution in [2.45, 2.75) is 106 Å². The molecule has 32 heavy (non-hydrogen) atoms. The maximum absolute atomic E-state index is 13.6. The lowest BCUT2D eigenvalue weighted by Crippen LogP contribution is -2.51. The summed E-state index contributed by atoms with van der Waals surface area (Å²) in [5.41, 5.74) is 6.36. The number of rotatable bonds is 6. The van der Waals surface area contributed by atoms with Crippen LogP contribution in [0.5, 0.6) is 0 Å². The number of halogens is 1. The second-order valence-corrected chi connectivity index (χ2v) is 14.3. The summed E-state index contributed by atoms with van der Waals surface area (Å²) in [7, 11) is -3.39. The third-order valence-corrected chi connectivity index (χ3v) is 11.7. The third kappa shape index (κ3) is 4.64. The SMILES string of the molecule is CC1NNC(N2CC(C(=O)C3CCC(F)CC3)C3CCC(S(=O)(=O)NC4(C)CC4)CC32)S1. The summed E-state index contributed by atoms with van der Waals surface area (Å²) in [6, 6.07) is 0.0703. The first-order chi connectivity index (χ1) is 15.2. The van der Waals surface area contributed by atoms with Crippen molar-refractivity contribution in [2.75, 3.05) is 6.54 Å². The Hall–Kier alpha value is -0.260. The lowest BCUT2D eigenvalue weighted by molar-refractivity contribution is -0.129. The van der Waals surface area contributed by atoms with Gasteiger partial charge in [-0.05, 0) is 77.6 Å². The average Bonchev–Trinajstić information content (AvgIpc) is 3.14. The van der Waals surface area contributed by atoms with Crippen molar-refractivity contribution in [3.63, 3.8) is 0 Å². The zero-order valence-corrected chi connectivity index (χ0v) is 20.7. The zero-order valence-electron chi connectivity index (χ0n) is 19.1. The minimum atomic E-state index is -3.39. The molecule has 3 N–H and O–H groups in total. The van der Waals surface area contributed by atoms with Crippen LogP contribution >= 0.6 is 11.8 Å². The zero-order chi connectivity index (χ0) is 22.7. The summed E-state index contributed by atoms with van der Waals surface area (Å²) in [5, 5.41) is -0.149.